The van der Waals surface area contributed by atoms with E-state index in [0.717, 1.165) is 12.0 Å². The van der Waals surface area contributed by atoms with Crippen LogP contribution < -0.4 is 4.74 Å². The van der Waals surface area contributed by atoms with Gasteiger partial charge in [0.2, 0.25) is 0 Å². The van der Waals surface area contributed by atoms with Crippen molar-refractivity contribution in [1.82, 2.24) is 0 Å². The number of carbonyl (C=O) groups is 1. The van der Waals surface area contributed by atoms with Crippen LogP contribution in [-0.4, -0.2) is 12.4 Å². The van der Waals surface area contributed by atoms with Gasteiger partial charge in [-0.05, 0) is 37.1 Å². The van der Waals surface area contributed by atoms with E-state index in [2.05, 4.69) is 0 Å². The molecule has 0 N–H and O–H groups in total. The van der Waals surface area contributed by atoms with E-state index in [0.29, 0.717) is 17.2 Å². The van der Waals surface area contributed by atoms with Crippen LogP contribution in [0.15, 0.2) is 18.2 Å². The summed E-state index contributed by atoms with van der Waals surface area (Å²) in [4.78, 5) is 11.2. The molecule has 0 spiro atoms. The lowest BCUT2D eigenvalue weighted by Crippen LogP contribution is -2.10. The fourth-order valence-electron chi connectivity index (χ4n) is 1.22. The topological polar surface area (TPSA) is 26.3 Å². The zero-order valence-corrected chi connectivity index (χ0v) is 9.80. The molecule has 0 saturated carbocycles. The Morgan fingerprint density at radius 3 is 2.80 bits per heavy atom. The van der Waals surface area contributed by atoms with Gasteiger partial charge in [0.1, 0.15) is 12.4 Å². The monoisotopic (exact) mass is 226 g/mol. The second-order valence-corrected chi connectivity index (χ2v) is 3.90. The molecule has 2 nitrogen and oxygen atoms in total. The van der Waals surface area contributed by atoms with E-state index >= 15 is 0 Å². The molecule has 15 heavy (non-hydrogen) atoms. The van der Waals surface area contributed by atoms with Crippen LogP contribution in [0.1, 0.15) is 25.3 Å². The third kappa shape index (κ3) is 3.92. The van der Waals surface area contributed by atoms with E-state index in [-0.39, 0.29) is 12.4 Å². The molecule has 0 aliphatic rings. The molecule has 0 amide bonds. The Balaban J connectivity index is 2.51. The van der Waals surface area contributed by atoms with Gasteiger partial charge in [0.15, 0.2) is 5.78 Å². The number of benzene rings is 1. The Morgan fingerprint density at radius 2 is 2.20 bits per heavy atom. The van der Waals surface area contributed by atoms with Crippen molar-refractivity contribution in [1.29, 1.82) is 0 Å². The van der Waals surface area contributed by atoms with Crippen LogP contribution in [0, 0.1) is 6.92 Å². The summed E-state index contributed by atoms with van der Waals surface area (Å²) in [5.41, 5.74) is 0.956. The van der Waals surface area contributed by atoms with Crippen molar-refractivity contribution in [2.75, 3.05) is 6.61 Å². The maximum atomic E-state index is 11.2. The molecule has 82 valence electrons. The van der Waals surface area contributed by atoms with Crippen molar-refractivity contribution in [3.05, 3.63) is 28.8 Å². The molecule has 0 atom stereocenters. The van der Waals surface area contributed by atoms with E-state index in [1.807, 2.05) is 19.9 Å². The Bertz CT molecular complexity index is 347. The summed E-state index contributed by atoms with van der Waals surface area (Å²) >= 11 is 5.87. The standard InChI is InChI=1S/C12H15ClO2/c1-3-4-10(14)8-15-11-5-6-12(13)9(2)7-11/h5-7H,3-4,8H2,1-2H3. The summed E-state index contributed by atoms with van der Waals surface area (Å²) in [6.07, 6.45) is 1.44. The number of Topliss-reactive ketones (excluding diaryl/α,β-unsaturated/α-hetero) is 1. The highest BCUT2D eigenvalue weighted by molar-refractivity contribution is 6.31. The first-order valence-electron chi connectivity index (χ1n) is 5.04. The molecule has 0 saturated heterocycles. The van der Waals surface area contributed by atoms with Crippen molar-refractivity contribution in [2.24, 2.45) is 0 Å². The van der Waals surface area contributed by atoms with Gasteiger partial charge in [-0.2, -0.15) is 0 Å². The largest absolute Gasteiger partial charge is 0.486 e. The highest BCUT2D eigenvalue weighted by atomic mass is 35.5. The SMILES string of the molecule is CCCC(=O)COc1ccc(Cl)c(C)c1. The van der Waals surface area contributed by atoms with Gasteiger partial charge in [0.05, 0.1) is 0 Å². The van der Waals surface area contributed by atoms with Gasteiger partial charge >= 0.3 is 0 Å². The molecule has 1 rings (SSSR count). The molecular formula is C12H15ClO2. The minimum absolute atomic E-state index is 0.130. The van der Waals surface area contributed by atoms with Crippen LogP contribution in [0.25, 0.3) is 0 Å². The molecule has 0 aliphatic carbocycles. The lowest BCUT2D eigenvalue weighted by Gasteiger charge is -2.06. The number of hydrogen-bond acceptors (Lipinski definition) is 2. The molecule has 0 unspecified atom stereocenters. The van der Waals surface area contributed by atoms with E-state index < -0.39 is 0 Å². The number of halogens is 1. The maximum absolute atomic E-state index is 11.2. The maximum Gasteiger partial charge on any atom is 0.170 e. The first kappa shape index (κ1) is 12.1. The van der Waals surface area contributed by atoms with E-state index in [4.69, 9.17) is 16.3 Å². The minimum Gasteiger partial charge on any atom is -0.486 e. The average molecular weight is 227 g/mol. The molecule has 0 aliphatic heterocycles. The normalized spacial score (nSPS) is 10.1. The van der Waals surface area contributed by atoms with E-state index in [1.165, 1.54) is 0 Å². The molecule has 0 bridgehead atoms. The first-order valence-corrected chi connectivity index (χ1v) is 5.42. The van der Waals surface area contributed by atoms with Gasteiger partial charge in [0, 0.05) is 11.4 Å². The number of ether oxygens (including phenoxy) is 1. The van der Waals surface area contributed by atoms with E-state index in [1.54, 1.807) is 12.1 Å². The number of carbonyl (C=O) groups excluding carboxylic acids is 1. The van der Waals surface area contributed by atoms with Crippen LogP contribution in [-0.2, 0) is 4.79 Å². The third-order valence-corrected chi connectivity index (χ3v) is 2.48. The number of rotatable bonds is 5. The molecule has 0 radical (unpaired) electrons. The minimum atomic E-state index is 0.130. The highest BCUT2D eigenvalue weighted by Crippen LogP contribution is 2.20. The lowest BCUT2D eigenvalue weighted by atomic mass is 10.2. The predicted molar refractivity (Wildman–Crippen MR) is 61.6 cm³/mol. The van der Waals surface area contributed by atoms with Gasteiger partial charge in [-0.1, -0.05) is 18.5 Å². The third-order valence-electron chi connectivity index (χ3n) is 2.06. The molecule has 3 heteroatoms. The number of ketones is 1. The second kappa shape index (κ2) is 5.76. The quantitative estimate of drug-likeness (QED) is 0.769. The second-order valence-electron chi connectivity index (χ2n) is 3.49. The number of hydrogen-bond donors (Lipinski definition) is 0. The summed E-state index contributed by atoms with van der Waals surface area (Å²) in [7, 11) is 0. The summed E-state index contributed by atoms with van der Waals surface area (Å²) in [5.74, 6) is 0.825. The fraction of sp³-hybridized carbons (Fsp3) is 0.417. The number of aryl methyl sites for hydroxylation is 1. The summed E-state index contributed by atoms with van der Waals surface area (Å²) in [6, 6.07) is 5.38. The molecule has 0 aromatic heterocycles. The van der Waals surface area contributed by atoms with Gasteiger partial charge in [-0.3, -0.25) is 4.79 Å². The Morgan fingerprint density at radius 1 is 1.47 bits per heavy atom. The fourth-order valence-corrected chi connectivity index (χ4v) is 1.34. The smallest absolute Gasteiger partial charge is 0.170 e. The van der Waals surface area contributed by atoms with Crippen LogP contribution in [0.2, 0.25) is 5.02 Å². The first-order chi connectivity index (χ1) is 7.13. The Labute approximate surface area is 95.2 Å². The van der Waals surface area contributed by atoms with Crippen molar-refractivity contribution >= 4 is 17.4 Å². The van der Waals surface area contributed by atoms with Crippen molar-refractivity contribution < 1.29 is 9.53 Å². The van der Waals surface area contributed by atoms with Crippen LogP contribution >= 0.6 is 11.6 Å². The zero-order chi connectivity index (χ0) is 11.3. The summed E-state index contributed by atoms with van der Waals surface area (Å²) in [5, 5.41) is 0.710. The van der Waals surface area contributed by atoms with Crippen molar-refractivity contribution in [2.45, 2.75) is 26.7 Å². The molecule has 0 fully saturated rings. The highest BCUT2D eigenvalue weighted by Gasteiger charge is 2.02. The van der Waals surface area contributed by atoms with Crippen molar-refractivity contribution in [3.63, 3.8) is 0 Å². The predicted octanol–water partition coefficient (Wildman–Crippen LogP) is 3.40. The van der Waals surface area contributed by atoms with Gasteiger partial charge in [-0.15, -0.1) is 0 Å². The average Bonchev–Trinajstić information content (AvgIpc) is 2.20. The zero-order valence-electron chi connectivity index (χ0n) is 9.05. The summed E-state index contributed by atoms with van der Waals surface area (Å²) < 4.78 is 5.35. The van der Waals surface area contributed by atoms with E-state index in [9.17, 15) is 4.79 Å². The van der Waals surface area contributed by atoms with Crippen LogP contribution in [0.5, 0.6) is 5.75 Å². The molecular weight excluding hydrogens is 212 g/mol. The molecule has 1 aromatic carbocycles. The van der Waals surface area contributed by atoms with Crippen LogP contribution in [0.4, 0.5) is 0 Å². The summed E-state index contributed by atoms with van der Waals surface area (Å²) in [6.45, 7) is 4.03. The van der Waals surface area contributed by atoms with Gasteiger partial charge in [-0.25, -0.2) is 0 Å². The van der Waals surface area contributed by atoms with Gasteiger partial charge < -0.3 is 4.74 Å². The molecule has 1 aromatic rings. The lowest BCUT2D eigenvalue weighted by molar-refractivity contribution is -0.121. The van der Waals surface area contributed by atoms with Gasteiger partial charge in [0.25, 0.3) is 0 Å². The Hall–Kier alpha value is -1.02. The van der Waals surface area contributed by atoms with Crippen molar-refractivity contribution in [3.8, 4) is 5.75 Å². The molecule has 0 heterocycles. The Kier molecular flexibility index (Phi) is 4.63. The van der Waals surface area contributed by atoms with Crippen LogP contribution in [0.3, 0.4) is 0 Å².